The van der Waals surface area contributed by atoms with Crippen LogP contribution in [-0.2, 0) is 11.2 Å². The van der Waals surface area contributed by atoms with E-state index in [9.17, 15) is 9.59 Å². The number of nitrogens with zero attached hydrogens (tertiary/aromatic N) is 3. The van der Waals surface area contributed by atoms with Gasteiger partial charge in [-0.1, -0.05) is 35.1 Å². The molecule has 0 saturated carbocycles. The molecule has 1 aromatic carbocycles. The van der Waals surface area contributed by atoms with Gasteiger partial charge >= 0.3 is 0 Å². The third-order valence-corrected chi connectivity index (χ3v) is 6.61. The van der Waals surface area contributed by atoms with Crippen LogP contribution in [0.25, 0.3) is 0 Å². The predicted molar refractivity (Wildman–Crippen MR) is 111 cm³/mol. The van der Waals surface area contributed by atoms with Crippen molar-refractivity contribution in [1.29, 1.82) is 0 Å². The van der Waals surface area contributed by atoms with E-state index >= 15 is 0 Å². The second-order valence-electron chi connectivity index (χ2n) is 6.77. The number of thiophene rings is 1. The molecule has 0 radical (unpaired) electrons. The molecule has 3 heterocycles. The Morgan fingerprint density at radius 2 is 2.04 bits per heavy atom. The number of hydrogen-bond acceptors (Lipinski definition) is 6. The zero-order valence-electron chi connectivity index (χ0n) is 15.4. The maximum atomic E-state index is 12.7. The third-order valence-electron chi connectivity index (χ3n) is 4.71. The number of aryl methyl sites for hydroxylation is 1. The molecule has 1 saturated heterocycles. The van der Waals surface area contributed by atoms with Gasteiger partial charge in [0.2, 0.25) is 10.9 Å². The van der Waals surface area contributed by atoms with Gasteiger partial charge in [0.05, 0.1) is 12.5 Å². The topological polar surface area (TPSA) is 75.2 Å². The number of carbonyl (C=O) groups excluding carboxylic acids is 2. The smallest absolute Gasteiger partial charge is 0.286 e. The van der Waals surface area contributed by atoms with Gasteiger partial charge in [0.1, 0.15) is 5.01 Å². The molecule has 1 aliphatic heterocycles. The maximum absolute atomic E-state index is 12.7. The fraction of sp³-hybridized carbons (Fsp3) is 0.300. The van der Waals surface area contributed by atoms with Crippen LogP contribution in [0.4, 0.5) is 5.69 Å². The van der Waals surface area contributed by atoms with E-state index in [1.54, 1.807) is 11.3 Å². The average Bonchev–Trinajstić information content (AvgIpc) is 3.44. The average molecular weight is 413 g/mol. The van der Waals surface area contributed by atoms with Gasteiger partial charge in [-0.15, -0.1) is 21.5 Å². The van der Waals surface area contributed by atoms with Crippen LogP contribution in [0.5, 0.6) is 0 Å². The van der Waals surface area contributed by atoms with Crippen molar-refractivity contribution in [1.82, 2.24) is 15.1 Å². The van der Waals surface area contributed by atoms with Gasteiger partial charge in [0.25, 0.3) is 5.91 Å². The SMILES string of the molecule is Cc1ccc(NC(=O)c2nnc([C@H]3CCCN3C(=O)Cc3cccs3)s2)cc1. The van der Waals surface area contributed by atoms with E-state index in [0.717, 1.165) is 40.5 Å². The molecule has 0 aliphatic carbocycles. The van der Waals surface area contributed by atoms with Crippen molar-refractivity contribution in [3.8, 4) is 0 Å². The largest absolute Gasteiger partial charge is 0.333 e. The molecule has 0 bridgehead atoms. The van der Waals surface area contributed by atoms with Gasteiger partial charge in [-0.05, 0) is 43.3 Å². The summed E-state index contributed by atoms with van der Waals surface area (Å²) >= 11 is 2.86. The molecule has 3 aromatic rings. The van der Waals surface area contributed by atoms with E-state index in [1.807, 2.05) is 53.6 Å². The first kappa shape index (κ1) is 18.8. The number of likely N-dealkylation sites (tertiary alicyclic amines) is 1. The standard InChI is InChI=1S/C20H20N4O2S2/c1-13-6-8-14(9-7-13)21-18(26)20-23-22-19(28-20)16-5-2-10-24(16)17(25)12-15-4-3-11-27-15/h3-4,6-9,11,16H,2,5,10,12H2,1H3,(H,21,26)/t16-/m1/s1. The van der Waals surface area contributed by atoms with Gasteiger partial charge in [-0.25, -0.2) is 0 Å². The molecule has 6 nitrogen and oxygen atoms in total. The van der Waals surface area contributed by atoms with Crippen LogP contribution in [0.15, 0.2) is 41.8 Å². The van der Waals surface area contributed by atoms with Gasteiger partial charge in [0.15, 0.2) is 0 Å². The summed E-state index contributed by atoms with van der Waals surface area (Å²) in [5.41, 5.74) is 1.85. The third kappa shape index (κ3) is 4.13. The Balaban J connectivity index is 1.44. The lowest BCUT2D eigenvalue weighted by molar-refractivity contribution is -0.131. The van der Waals surface area contributed by atoms with E-state index in [4.69, 9.17) is 0 Å². The number of rotatable bonds is 5. The zero-order chi connectivity index (χ0) is 19.5. The Morgan fingerprint density at radius 1 is 1.21 bits per heavy atom. The lowest BCUT2D eigenvalue weighted by atomic mass is 10.2. The molecule has 0 spiro atoms. The number of nitrogens with one attached hydrogen (secondary N) is 1. The Morgan fingerprint density at radius 3 is 2.79 bits per heavy atom. The Bertz CT molecular complexity index is 967. The van der Waals surface area contributed by atoms with Crippen molar-refractivity contribution in [3.05, 3.63) is 62.2 Å². The predicted octanol–water partition coefficient (Wildman–Crippen LogP) is 4.07. The normalized spacial score (nSPS) is 16.3. The minimum Gasteiger partial charge on any atom is -0.333 e. The number of hydrogen-bond donors (Lipinski definition) is 1. The molecule has 4 rings (SSSR count). The lowest BCUT2D eigenvalue weighted by Gasteiger charge is -2.22. The number of carbonyl (C=O) groups is 2. The molecule has 2 aromatic heterocycles. The second kappa shape index (κ2) is 8.20. The van der Waals surface area contributed by atoms with Crippen molar-refractivity contribution in [2.75, 3.05) is 11.9 Å². The fourth-order valence-electron chi connectivity index (χ4n) is 3.27. The van der Waals surface area contributed by atoms with Gasteiger partial charge < -0.3 is 10.2 Å². The molecular formula is C20H20N4O2S2. The number of aromatic nitrogens is 2. The summed E-state index contributed by atoms with van der Waals surface area (Å²) in [5, 5.41) is 14.1. The summed E-state index contributed by atoms with van der Waals surface area (Å²) in [6, 6.07) is 11.4. The molecule has 144 valence electrons. The van der Waals surface area contributed by atoms with E-state index in [2.05, 4.69) is 15.5 Å². The molecule has 0 unspecified atom stereocenters. The van der Waals surface area contributed by atoms with Crippen LogP contribution >= 0.6 is 22.7 Å². The first-order valence-electron chi connectivity index (χ1n) is 9.13. The maximum Gasteiger partial charge on any atom is 0.286 e. The first-order valence-corrected chi connectivity index (χ1v) is 10.8. The molecule has 1 N–H and O–H groups in total. The molecule has 2 amide bonds. The Labute approximate surface area is 171 Å². The molecule has 1 aliphatic rings. The highest BCUT2D eigenvalue weighted by atomic mass is 32.1. The summed E-state index contributed by atoms with van der Waals surface area (Å²) in [6.45, 7) is 2.72. The van der Waals surface area contributed by atoms with E-state index in [0.29, 0.717) is 11.4 Å². The Kier molecular flexibility index (Phi) is 5.50. The number of anilines is 1. The fourth-order valence-corrected chi connectivity index (χ4v) is 4.85. The van der Waals surface area contributed by atoms with Crippen LogP contribution in [0.1, 0.15) is 44.1 Å². The van der Waals surface area contributed by atoms with Gasteiger partial charge in [0, 0.05) is 17.1 Å². The van der Waals surface area contributed by atoms with Crippen molar-refractivity contribution in [2.45, 2.75) is 32.2 Å². The Hall–Kier alpha value is -2.58. The minimum absolute atomic E-state index is 0.0918. The summed E-state index contributed by atoms with van der Waals surface area (Å²) in [5.74, 6) is -0.173. The van der Waals surface area contributed by atoms with Gasteiger partial charge in [-0.2, -0.15) is 0 Å². The monoisotopic (exact) mass is 412 g/mol. The molecule has 8 heteroatoms. The lowest BCUT2D eigenvalue weighted by Crippen LogP contribution is -2.31. The van der Waals surface area contributed by atoms with Crippen LogP contribution in [0, 0.1) is 6.92 Å². The van der Waals surface area contributed by atoms with Crippen LogP contribution in [0.3, 0.4) is 0 Å². The number of benzene rings is 1. The molecule has 1 atom stereocenters. The van der Waals surface area contributed by atoms with Crippen LogP contribution < -0.4 is 5.32 Å². The molecular weight excluding hydrogens is 392 g/mol. The highest BCUT2D eigenvalue weighted by molar-refractivity contribution is 7.13. The summed E-state index contributed by atoms with van der Waals surface area (Å²) in [6.07, 6.45) is 2.20. The van der Waals surface area contributed by atoms with Gasteiger partial charge in [-0.3, -0.25) is 9.59 Å². The highest BCUT2D eigenvalue weighted by Gasteiger charge is 2.33. The van der Waals surface area contributed by atoms with Crippen molar-refractivity contribution in [2.24, 2.45) is 0 Å². The highest BCUT2D eigenvalue weighted by Crippen LogP contribution is 2.34. The summed E-state index contributed by atoms with van der Waals surface area (Å²) < 4.78 is 0. The minimum atomic E-state index is -0.276. The number of amides is 2. The van der Waals surface area contributed by atoms with Crippen molar-refractivity contribution in [3.63, 3.8) is 0 Å². The molecule has 1 fully saturated rings. The molecule has 28 heavy (non-hydrogen) atoms. The van der Waals surface area contributed by atoms with Crippen molar-refractivity contribution < 1.29 is 9.59 Å². The van der Waals surface area contributed by atoms with E-state index in [1.165, 1.54) is 11.3 Å². The van der Waals surface area contributed by atoms with E-state index in [-0.39, 0.29) is 17.9 Å². The second-order valence-corrected chi connectivity index (χ2v) is 8.81. The quantitative estimate of drug-likeness (QED) is 0.686. The van der Waals surface area contributed by atoms with Crippen LogP contribution in [-0.4, -0.2) is 33.5 Å². The first-order chi connectivity index (χ1) is 13.6. The summed E-state index contributed by atoms with van der Waals surface area (Å²) in [4.78, 5) is 28.1. The van der Waals surface area contributed by atoms with Crippen LogP contribution in [0.2, 0.25) is 0 Å². The van der Waals surface area contributed by atoms with E-state index < -0.39 is 0 Å². The summed E-state index contributed by atoms with van der Waals surface area (Å²) in [7, 11) is 0. The van der Waals surface area contributed by atoms with Crippen molar-refractivity contribution >= 4 is 40.2 Å². The zero-order valence-corrected chi connectivity index (χ0v) is 17.1.